The molecule has 2 N–H and O–H groups in total. The summed E-state index contributed by atoms with van der Waals surface area (Å²) in [7, 11) is 1.62. The summed E-state index contributed by atoms with van der Waals surface area (Å²) in [4.78, 5) is 12.5. The van der Waals surface area contributed by atoms with Gasteiger partial charge in [-0.1, -0.05) is 6.92 Å². The Labute approximate surface area is 91.6 Å². The predicted molar refractivity (Wildman–Crippen MR) is 57.5 cm³/mol. The van der Waals surface area contributed by atoms with Gasteiger partial charge in [-0.15, -0.1) is 0 Å². The third kappa shape index (κ3) is 9.75. The van der Waals surface area contributed by atoms with E-state index < -0.39 is 8.69 Å². The van der Waals surface area contributed by atoms with Gasteiger partial charge in [-0.25, -0.2) is 10.0 Å². The second kappa shape index (κ2) is 9.98. The minimum absolute atomic E-state index is 0.284. The van der Waals surface area contributed by atoms with Crippen LogP contribution in [-0.2, 0) is 14.0 Å². The number of carbonyl (C=O) groups excluding carboxylic acids is 1. The maximum Gasteiger partial charge on any atom is 0.351 e. The van der Waals surface area contributed by atoms with Crippen molar-refractivity contribution < 1.29 is 14.0 Å². The molecule has 0 atom stereocenters. The highest BCUT2D eigenvalue weighted by Crippen LogP contribution is 1.88. The highest BCUT2D eigenvalue weighted by atomic mass is 31.1. The van der Waals surface area contributed by atoms with Gasteiger partial charge in [0.05, 0.1) is 0 Å². The van der Waals surface area contributed by atoms with E-state index in [-0.39, 0.29) is 5.91 Å². The summed E-state index contributed by atoms with van der Waals surface area (Å²) >= 11 is 0. The van der Waals surface area contributed by atoms with E-state index in [4.69, 9.17) is 0 Å². The lowest BCUT2D eigenvalue weighted by atomic mass is 10.4. The largest absolute Gasteiger partial charge is 0.351 e. The average Bonchev–Trinajstić information content (AvgIpc) is 2.28. The Morgan fingerprint density at radius 2 is 2.13 bits per heavy atom. The smallest absolute Gasteiger partial charge is 0.314 e. The topological polar surface area (TPSA) is 70.7 Å². The number of hydrogen-bond acceptors (Lipinski definition) is 5. The van der Waals surface area contributed by atoms with E-state index in [1.807, 2.05) is 5.48 Å². The molecule has 7 heteroatoms. The number of nitrogens with zero attached hydrogens (tertiary/aromatic N) is 1. The lowest BCUT2D eigenvalue weighted by Gasteiger charge is -2.21. The summed E-state index contributed by atoms with van der Waals surface area (Å²) in [5, 5.41) is 3.27. The van der Waals surface area contributed by atoms with Crippen LogP contribution in [0.3, 0.4) is 0 Å². The van der Waals surface area contributed by atoms with Gasteiger partial charge in [0.15, 0.2) is 0 Å². The van der Waals surface area contributed by atoms with Crippen LogP contribution in [0.25, 0.3) is 0 Å². The second-order valence-electron chi connectivity index (χ2n) is 3.10. The first-order chi connectivity index (χ1) is 7.20. The van der Waals surface area contributed by atoms with E-state index in [9.17, 15) is 9.36 Å². The molecular weight excluding hydrogens is 217 g/mol. The van der Waals surface area contributed by atoms with E-state index in [1.54, 1.807) is 6.92 Å². The Morgan fingerprint density at radius 3 is 2.47 bits per heavy atom. The highest BCUT2D eigenvalue weighted by molar-refractivity contribution is 7.17. The van der Waals surface area contributed by atoms with Crippen LogP contribution in [0.5, 0.6) is 0 Å². The number of hydrogen-bond donors (Lipinski definition) is 2. The molecule has 0 spiro atoms. The molecule has 0 aromatic carbocycles. The van der Waals surface area contributed by atoms with Crippen molar-refractivity contribution in [1.82, 2.24) is 15.7 Å². The molecule has 0 aromatic heterocycles. The van der Waals surface area contributed by atoms with Crippen molar-refractivity contribution >= 4 is 14.6 Å². The molecule has 15 heavy (non-hydrogen) atoms. The molecule has 0 radical (unpaired) electrons. The summed E-state index contributed by atoms with van der Waals surface area (Å²) in [5.74, 6) is -0.284. The third-order valence-corrected chi connectivity index (χ3v) is 2.02. The van der Waals surface area contributed by atoms with Crippen LogP contribution in [0.1, 0.15) is 13.3 Å². The Bertz CT molecular complexity index is 186. The van der Waals surface area contributed by atoms with Gasteiger partial charge in [0.25, 0.3) is 0 Å². The summed E-state index contributed by atoms with van der Waals surface area (Å²) in [6.07, 6.45) is 0.329. The molecule has 0 bridgehead atoms. The van der Waals surface area contributed by atoms with E-state index in [2.05, 4.69) is 21.9 Å². The molecule has 6 nitrogen and oxygen atoms in total. The molecule has 0 saturated carbocycles. The quantitative estimate of drug-likeness (QED) is 0.539. The van der Waals surface area contributed by atoms with Gasteiger partial charge in [0.2, 0.25) is 5.91 Å². The van der Waals surface area contributed by atoms with Crippen LogP contribution >= 0.6 is 8.69 Å². The van der Waals surface area contributed by atoms with Crippen molar-refractivity contribution in [3.63, 3.8) is 0 Å². The fraction of sp³-hybridized carbons (Fsp3) is 0.875. The van der Waals surface area contributed by atoms with Crippen molar-refractivity contribution in [1.29, 1.82) is 0 Å². The molecule has 1 aliphatic heterocycles. The lowest BCUT2D eigenvalue weighted by molar-refractivity contribution is -0.126. The van der Waals surface area contributed by atoms with Crippen LogP contribution in [-0.4, -0.2) is 44.0 Å². The fourth-order valence-electron chi connectivity index (χ4n) is 0.918. The molecule has 1 heterocycles. The number of hydroxylamine groups is 1. The van der Waals surface area contributed by atoms with E-state index in [1.165, 1.54) is 13.1 Å². The number of piperazine rings is 1. The molecule has 1 amide bonds. The Hall–Kier alpha value is -0.550. The van der Waals surface area contributed by atoms with Gasteiger partial charge >= 0.3 is 8.69 Å². The molecule has 1 saturated heterocycles. The fourth-order valence-corrected chi connectivity index (χ4v) is 1.06. The average molecular weight is 235 g/mol. The van der Waals surface area contributed by atoms with E-state index >= 15 is 0 Å². The van der Waals surface area contributed by atoms with Gasteiger partial charge < -0.3 is 10.2 Å². The van der Waals surface area contributed by atoms with Gasteiger partial charge in [0.1, 0.15) is 0 Å². The number of carbonyl (C=O) groups is 1. The van der Waals surface area contributed by atoms with Crippen LogP contribution in [0.2, 0.25) is 0 Å². The van der Waals surface area contributed by atoms with E-state index in [0.29, 0.717) is 6.42 Å². The maximum atomic E-state index is 10.2. The summed E-state index contributed by atoms with van der Waals surface area (Å²) in [6, 6.07) is 0. The number of likely N-dealkylation sites (N-methyl/N-ethyl adjacent to an activating group) is 1. The minimum Gasteiger partial charge on any atom is -0.314 e. The van der Waals surface area contributed by atoms with Gasteiger partial charge in [-0.2, -0.15) is 4.62 Å². The lowest BCUT2D eigenvalue weighted by Crippen LogP contribution is -2.40. The Morgan fingerprint density at radius 1 is 1.53 bits per heavy atom. The second-order valence-corrected chi connectivity index (χ2v) is 3.43. The van der Waals surface area contributed by atoms with Gasteiger partial charge in [0, 0.05) is 32.6 Å². The summed E-state index contributed by atoms with van der Waals surface area (Å²) in [6.45, 7) is 6.41. The molecule has 0 aromatic rings. The zero-order valence-electron chi connectivity index (χ0n) is 9.15. The van der Waals surface area contributed by atoms with Gasteiger partial charge in [-0.05, 0) is 7.05 Å². The van der Waals surface area contributed by atoms with Gasteiger partial charge in [-0.3, -0.25) is 4.79 Å². The SMILES string of the molecule is CCC(=O)NOP=O.CN1CCNCC1. The number of amides is 1. The Balaban J connectivity index is 0.000000262. The van der Waals surface area contributed by atoms with Crippen LogP contribution < -0.4 is 10.8 Å². The predicted octanol–water partition coefficient (Wildman–Crippen LogP) is 0.172. The molecule has 1 aliphatic rings. The van der Waals surface area contributed by atoms with Crippen LogP contribution in [0.15, 0.2) is 0 Å². The number of nitrogens with one attached hydrogen (secondary N) is 2. The standard InChI is InChI=1S/C5H12N2.C3H6NO3P/c1-7-4-2-6-3-5-7;1-2-3(5)4-7-8-6/h6H,2-5H2,1H3;2H2,1H3,(H,4,5). The maximum absolute atomic E-state index is 10.2. The molecule has 1 fully saturated rings. The third-order valence-electron chi connectivity index (χ3n) is 1.86. The van der Waals surface area contributed by atoms with E-state index in [0.717, 1.165) is 13.1 Å². The van der Waals surface area contributed by atoms with Crippen LogP contribution in [0.4, 0.5) is 0 Å². The van der Waals surface area contributed by atoms with Crippen molar-refractivity contribution in [2.75, 3.05) is 33.2 Å². The molecule has 0 aliphatic carbocycles. The molecule has 1 rings (SSSR count). The van der Waals surface area contributed by atoms with Crippen molar-refractivity contribution in [3.05, 3.63) is 0 Å². The monoisotopic (exact) mass is 235 g/mol. The normalized spacial score (nSPS) is 16.7. The van der Waals surface area contributed by atoms with Crippen LogP contribution in [0, 0.1) is 0 Å². The molecule has 0 unspecified atom stereocenters. The minimum atomic E-state index is -0.532. The zero-order valence-corrected chi connectivity index (χ0v) is 10.0. The number of rotatable bonds is 3. The Kier molecular flexibility index (Phi) is 9.62. The zero-order chi connectivity index (χ0) is 11.5. The van der Waals surface area contributed by atoms with Crippen molar-refractivity contribution in [2.45, 2.75) is 13.3 Å². The first-order valence-corrected chi connectivity index (χ1v) is 5.60. The molecule has 88 valence electrons. The summed E-state index contributed by atoms with van der Waals surface area (Å²) < 4.78 is 13.5. The van der Waals surface area contributed by atoms with Crippen molar-refractivity contribution in [2.24, 2.45) is 0 Å². The first kappa shape index (κ1) is 14.5. The highest BCUT2D eigenvalue weighted by Gasteiger charge is 2.01. The summed E-state index contributed by atoms with van der Waals surface area (Å²) in [5.41, 5.74) is 1.92. The first-order valence-electron chi connectivity index (χ1n) is 4.87. The molecular formula is C8H18N3O3P. The van der Waals surface area contributed by atoms with Crippen molar-refractivity contribution in [3.8, 4) is 0 Å².